The summed E-state index contributed by atoms with van der Waals surface area (Å²) in [4.78, 5) is 2.40. The average Bonchev–Trinajstić information content (AvgIpc) is 2.69. The highest BCUT2D eigenvalue weighted by Gasteiger charge is 2.18. The highest BCUT2D eigenvalue weighted by molar-refractivity contribution is 5.48. The molecule has 4 nitrogen and oxygen atoms in total. The van der Waals surface area contributed by atoms with Gasteiger partial charge in [0.05, 0.1) is 11.6 Å². The van der Waals surface area contributed by atoms with Crippen molar-refractivity contribution in [2.45, 2.75) is 25.9 Å². The van der Waals surface area contributed by atoms with Gasteiger partial charge >= 0.3 is 0 Å². The molecule has 1 aliphatic heterocycles. The van der Waals surface area contributed by atoms with Crippen molar-refractivity contribution in [1.29, 1.82) is 5.26 Å². The number of nitriles is 1. The lowest BCUT2D eigenvalue weighted by Crippen LogP contribution is -2.34. The van der Waals surface area contributed by atoms with Crippen molar-refractivity contribution in [3.63, 3.8) is 0 Å². The number of aliphatic hydroxyl groups is 1. The minimum atomic E-state index is 0.317. The van der Waals surface area contributed by atoms with Crippen LogP contribution in [0.3, 0.4) is 0 Å². The molecule has 0 atom stereocenters. The standard InChI is InChI=1S/C21H25N3O/c22-13-17-1-3-18(4-2-17)14-23-15-19-5-7-21(8-6-19)24-11-9-20(16-25)10-12-24/h1-8,20,23,25H,9-12,14-16H2. The van der Waals surface area contributed by atoms with Gasteiger partial charge in [-0.1, -0.05) is 24.3 Å². The van der Waals surface area contributed by atoms with Crippen molar-refractivity contribution in [2.75, 3.05) is 24.6 Å². The smallest absolute Gasteiger partial charge is 0.0991 e. The van der Waals surface area contributed by atoms with Crippen molar-refractivity contribution in [2.24, 2.45) is 5.92 Å². The summed E-state index contributed by atoms with van der Waals surface area (Å²) >= 11 is 0. The van der Waals surface area contributed by atoms with Gasteiger partial charge in [-0.2, -0.15) is 5.26 Å². The molecule has 2 aromatic rings. The summed E-state index contributed by atoms with van der Waals surface area (Å²) in [5, 5.41) is 21.5. The number of piperidine rings is 1. The maximum absolute atomic E-state index is 9.24. The molecule has 1 aliphatic rings. The van der Waals surface area contributed by atoms with Gasteiger partial charge in [0.1, 0.15) is 0 Å². The Morgan fingerprint density at radius 3 is 2.04 bits per heavy atom. The summed E-state index contributed by atoms with van der Waals surface area (Å²) in [5.74, 6) is 0.474. The normalized spacial score (nSPS) is 15.1. The maximum Gasteiger partial charge on any atom is 0.0991 e. The Kier molecular flexibility index (Phi) is 6.05. The Labute approximate surface area is 149 Å². The molecule has 0 bridgehead atoms. The van der Waals surface area contributed by atoms with Gasteiger partial charge < -0.3 is 15.3 Å². The van der Waals surface area contributed by atoms with Gasteiger partial charge in [-0.25, -0.2) is 0 Å². The number of nitrogens with one attached hydrogen (secondary N) is 1. The summed E-state index contributed by atoms with van der Waals surface area (Å²) in [6.07, 6.45) is 2.15. The van der Waals surface area contributed by atoms with Crippen LogP contribution in [0.4, 0.5) is 5.69 Å². The third-order valence-corrected chi connectivity index (χ3v) is 4.92. The van der Waals surface area contributed by atoms with Crippen LogP contribution in [0.15, 0.2) is 48.5 Å². The molecule has 0 unspecified atom stereocenters. The molecule has 0 saturated carbocycles. The molecular formula is C21H25N3O. The summed E-state index contributed by atoms with van der Waals surface area (Å²) < 4.78 is 0. The number of hydrogen-bond acceptors (Lipinski definition) is 4. The van der Waals surface area contributed by atoms with Gasteiger partial charge in [-0.05, 0) is 54.2 Å². The van der Waals surface area contributed by atoms with Gasteiger partial charge in [-0.3, -0.25) is 0 Å². The zero-order valence-corrected chi connectivity index (χ0v) is 14.5. The highest BCUT2D eigenvalue weighted by Crippen LogP contribution is 2.23. The van der Waals surface area contributed by atoms with Crippen LogP contribution in [0.25, 0.3) is 0 Å². The van der Waals surface area contributed by atoms with Crippen molar-refractivity contribution < 1.29 is 5.11 Å². The number of benzene rings is 2. The van der Waals surface area contributed by atoms with Crippen LogP contribution in [-0.4, -0.2) is 24.8 Å². The zero-order chi connectivity index (χ0) is 17.5. The van der Waals surface area contributed by atoms with Gasteiger partial charge in [0, 0.05) is 38.5 Å². The fraction of sp³-hybridized carbons (Fsp3) is 0.381. The molecule has 2 N–H and O–H groups in total. The molecule has 1 fully saturated rings. The Bertz CT molecular complexity index is 695. The first-order valence-electron chi connectivity index (χ1n) is 8.93. The number of aliphatic hydroxyl groups excluding tert-OH is 1. The molecule has 0 amide bonds. The van der Waals surface area contributed by atoms with Crippen LogP contribution in [-0.2, 0) is 13.1 Å². The lowest BCUT2D eigenvalue weighted by molar-refractivity contribution is 0.203. The maximum atomic E-state index is 9.24. The minimum absolute atomic E-state index is 0.317. The van der Waals surface area contributed by atoms with E-state index < -0.39 is 0 Å². The molecule has 130 valence electrons. The van der Waals surface area contributed by atoms with Crippen LogP contribution in [0.5, 0.6) is 0 Å². The zero-order valence-electron chi connectivity index (χ0n) is 14.5. The molecule has 0 spiro atoms. The predicted octanol–water partition coefficient (Wildman–Crippen LogP) is 3.06. The first kappa shape index (κ1) is 17.5. The summed E-state index contributed by atoms with van der Waals surface area (Å²) in [5.41, 5.74) is 4.42. The lowest BCUT2D eigenvalue weighted by atomic mass is 9.97. The Balaban J connectivity index is 1.47. The topological polar surface area (TPSA) is 59.3 Å². The molecule has 4 heteroatoms. The van der Waals surface area contributed by atoms with Crippen molar-refractivity contribution in [1.82, 2.24) is 5.32 Å². The molecule has 0 aromatic heterocycles. The van der Waals surface area contributed by atoms with Gasteiger partial charge in [0.15, 0.2) is 0 Å². The van der Waals surface area contributed by atoms with Gasteiger partial charge in [0.25, 0.3) is 0 Å². The SMILES string of the molecule is N#Cc1ccc(CNCc2ccc(N3CCC(CO)CC3)cc2)cc1. The number of nitrogens with zero attached hydrogens (tertiary/aromatic N) is 2. The van der Waals surface area contributed by atoms with E-state index in [1.807, 2.05) is 24.3 Å². The molecule has 3 rings (SSSR count). The molecule has 0 radical (unpaired) electrons. The fourth-order valence-electron chi connectivity index (χ4n) is 3.25. The van der Waals surface area contributed by atoms with Crippen molar-refractivity contribution in [3.8, 4) is 6.07 Å². The van der Waals surface area contributed by atoms with E-state index in [-0.39, 0.29) is 0 Å². The third-order valence-electron chi connectivity index (χ3n) is 4.92. The second kappa shape index (κ2) is 8.66. The summed E-state index contributed by atoms with van der Waals surface area (Å²) in [7, 11) is 0. The highest BCUT2D eigenvalue weighted by atomic mass is 16.3. The molecule has 1 heterocycles. The van der Waals surface area contributed by atoms with Gasteiger partial charge in [0.2, 0.25) is 0 Å². The molecular weight excluding hydrogens is 310 g/mol. The van der Waals surface area contributed by atoms with E-state index in [9.17, 15) is 5.11 Å². The van der Waals surface area contributed by atoms with E-state index in [4.69, 9.17) is 5.26 Å². The van der Waals surface area contributed by atoms with E-state index in [1.54, 1.807) is 0 Å². The van der Waals surface area contributed by atoms with E-state index in [0.29, 0.717) is 18.1 Å². The Hall–Kier alpha value is -2.35. The molecule has 1 saturated heterocycles. The first-order chi connectivity index (χ1) is 12.3. The Morgan fingerprint density at radius 1 is 0.960 bits per heavy atom. The second-order valence-electron chi connectivity index (χ2n) is 6.69. The Morgan fingerprint density at radius 2 is 1.52 bits per heavy atom. The number of anilines is 1. The van der Waals surface area contributed by atoms with Crippen LogP contribution in [0.2, 0.25) is 0 Å². The average molecular weight is 335 g/mol. The minimum Gasteiger partial charge on any atom is -0.396 e. The second-order valence-corrected chi connectivity index (χ2v) is 6.69. The van der Waals surface area contributed by atoms with Crippen LogP contribution in [0, 0.1) is 17.2 Å². The first-order valence-corrected chi connectivity index (χ1v) is 8.93. The number of hydrogen-bond donors (Lipinski definition) is 2. The molecule has 0 aliphatic carbocycles. The van der Waals surface area contributed by atoms with Crippen LogP contribution < -0.4 is 10.2 Å². The fourth-order valence-corrected chi connectivity index (χ4v) is 3.25. The molecule has 2 aromatic carbocycles. The van der Waals surface area contributed by atoms with E-state index in [0.717, 1.165) is 39.0 Å². The van der Waals surface area contributed by atoms with Crippen LogP contribution in [0.1, 0.15) is 29.5 Å². The van der Waals surface area contributed by atoms with E-state index in [1.165, 1.54) is 16.8 Å². The van der Waals surface area contributed by atoms with Crippen LogP contribution >= 0.6 is 0 Å². The summed E-state index contributed by atoms with van der Waals surface area (Å²) in [6, 6.07) is 18.6. The monoisotopic (exact) mass is 335 g/mol. The predicted molar refractivity (Wildman–Crippen MR) is 100 cm³/mol. The van der Waals surface area contributed by atoms with E-state index in [2.05, 4.69) is 40.6 Å². The third kappa shape index (κ3) is 4.82. The van der Waals surface area contributed by atoms with Crippen molar-refractivity contribution >= 4 is 5.69 Å². The van der Waals surface area contributed by atoms with Crippen molar-refractivity contribution in [3.05, 3.63) is 65.2 Å². The number of rotatable bonds is 6. The van der Waals surface area contributed by atoms with Gasteiger partial charge in [-0.15, -0.1) is 0 Å². The quantitative estimate of drug-likeness (QED) is 0.852. The lowest BCUT2D eigenvalue weighted by Gasteiger charge is -2.33. The largest absolute Gasteiger partial charge is 0.396 e. The molecule has 25 heavy (non-hydrogen) atoms. The summed E-state index contributed by atoms with van der Waals surface area (Å²) in [6.45, 7) is 4.00. The van der Waals surface area contributed by atoms with E-state index >= 15 is 0 Å².